The van der Waals surface area contributed by atoms with Crippen LogP contribution in [-0.4, -0.2) is 5.91 Å². The number of benzene rings is 1. The zero-order chi connectivity index (χ0) is 23.0. The van der Waals surface area contributed by atoms with Gasteiger partial charge in [-0.15, -0.1) is 0 Å². The molecule has 4 aliphatic carbocycles. The lowest BCUT2D eigenvalue weighted by molar-refractivity contribution is -0.140. The van der Waals surface area contributed by atoms with Gasteiger partial charge >= 0.3 is 0 Å². The lowest BCUT2D eigenvalue weighted by Crippen LogP contribution is -2.52. The molecule has 4 saturated carbocycles. The van der Waals surface area contributed by atoms with Crippen LogP contribution in [0.1, 0.15) is 118 Å². The van der Waals surface area contributed by atoms with Gasteiger partial charge in [0.25, 0.3) is 0 Å². The van der Waals surface area contributed by atoms with Crippen molar-refractivity contribution in [3.05, 3.63) is 28.8 Å². The first kappa shape index (κ1) is 22.9. The summed E-state index contributed by atoms with van der Waals surface area (Å²) in [4.78, 5) is 14.0. The summed E-state index contributed by atoms with van der Waals surface area (Å²) in [5, 5.41) is 3.59. The topological polar surface area (TPSA) is 29.1 Å². The fourth-order valence-corrected chi connectivity index (χ4v) is 7.03. The van der Waals surface area contributed by atoms with Crippen LogP contribution in [0.2, 0.25) is 0 Å². The van der Waals surface area contributed by atoms with Crippen LogP contribution in [0.4, 0.5) is 5.69 Å². The SMILES string of the molecule is CC(C)(C)c1cc(C(C)(C)C)c(NC(=O)C23CC4CC(CC(C4)C2)C3)c(C(C)(C)C)c1. The van der Waals surface area contributed by atoms with Gasteiger partial charge in [0.1, 0.15) is 0 Å². The number of hydrogen-bond donors (Lipinski definition) is 1. The maximum atomic E-state index is 14.0. The fourth-order valence-electron chi connectivity index (χ4n) is 7.03. The van der Waals surface area contributed by atoms with E-state index in [9.17, 15) is 4.79 Å². The molecule has 1 aromatic carbocycles. The molecule has 0 saturated heterocycles. The molecule has 5 rings (SSSR count). The summed E-state index contributed by atoms with van der Waals surface area (Å²) < 4.78 is 0. The van der Waals surface area contributed by atoms with Crippen LogP contribution < -0.4 is 5.32 Å². The van der Waals surface area contributed by atoms with Gasteiger partial charge in [0.15, 0.2) is 0 Å². The highest BCUT2D eigenvalue weighted by atomic mass is 16.2. The van der Waals surface area contributed by atoms with E-state index in [-0.39, 0.29) is 21.7 Å². The van der Waals surface area contributed by atoms with Gasteiger partial charge in [-0.25, -0.2) is 0 Å². The number of nitrogens with one attached hydrogen (secondary N) is 1. The monoisotopic (exact) mass is 423 g/mol. The van der Waals surface area contributed by atoms with E-state index in [0.29, 0.717) is 5.91 Å². The zero-order valence-electron chi connectivity index (χ0n) is 21.5. The molecule has 31 heavy (non-hydrogen) atoms. The number of rotatable bonds is 2. The minimum Gasteiger partial charge on any atom is -0.325 e. The van der Waals surface area contributed by atoms with E-state index in [2.05, 4.69) is 79.8 Å². The molecule has 4 aliphatic rings. The molecular weight excluding hydrogens is 378 g/mol. The highest BCUT2D eigenvalue weighted by Gasteiger charge is 2.54. The number of carbonyl (C=O) groups is 1. The van der Waals surface area contributed by atoms with Crippen molar-refractivity contribution < 1.29 is 4.79 Å². The fraction of sp³-hybridized carbons (Fsp3) is 0.759. The van der Waals surface area contributed by atoms with Crippen molar-refractivity contribution in [1.82, 2.24) is 0 Å². The van der Waals surface area contributed by atoms with Gasteiger partial charge in [0, 0.05) is 5.69 Å². The Bertz CT molecular complexity index is 801. The summed E-state index contributed by atoms with van der Waals surface area (Å²) >= 11 is 0. The molecule has 0 spiro atoms. The van der Waals surface area contributed by atoms with E-state index >= 15 is 0 Å². The summed E-state index contributed by atoms with van der Waals surface area (Å²) in [5.41, 5.74) is 4.88. The maximum Gasteiger partial charge on any atom is 0.230 e. The van der Waals surface area contributed by atoms with Gasteiger partial charge in [0.05, 0.1) is 5.41 Å². The predicted octanol–water partition coefficient (Wildman–Crippen LogP) is 7.73. The molecule has 1 amide bonds. The van der Waals surface area contributed by atoms with Crippen molar-refractivity contribution >= 4 is 11.6 Å². The molecule has 172 valence electrons. The zero-order valence-corrected chi connectivity index (χ0v) is 21.5. The molecule has 4 fully saturated rings. The second-order valence-electron chi connectivity index (χ2n) is 14.3. The maximum absolute atomic E-state index is 14.0. The Morgan fingerprint density at radius 3 is 1.45 bits per heavy atom. The Labute approximate surface area is 191 Å². The summed E-state index contributed by atoms with van der Waals surface area (Å²) in [7, 11) is 0. The summed E-state index contributed by atoms with van der Waals surface area (Å²) in [6.45, 7) is 20.5. The van der Waals surface area contributed by atoms with Crippen molar-refractivity contribution in [2.24, 2.45) is 23.2 Å². The second-order valence-corrected chi connectivity index (χ2v) is 14.3. The third-order valence-electron chi connectivity index (χ3n) is 8.38. The second kappa shape index (κ2) is 7.09. The minimum absolute atomic E-state index is 0.0364. The Morgan fingerprint density at radius 1 is 0.742 bits per heavy atom. The predicted molar refractivity (Wildman–Crippen MR) is 132 cm³/mol. The molecule has 1 N–H and O–H groups in total. The number of anilines is 1. The number of carbonyl (C=O) groups excluding carboxylic acids is 1. The Hall–Kier alpha value is -1.31. The first-order valence-electron chi connectivity index (χ1n) is 12.6. The molecule has 0 unspecified atom stereocenters. The highest BCUT2D eigenvalue weighted by Crippen LogP contribution is 2.60. The van der Waals surface area contributed by atoms with Crippen LogP contribution in [0, 0.1) is 23.2 Å². The van der Waals surface area contributed by atoms with Crippen molar-refractivity contribution in [2.75, 3.05) is 5.32 Å². The Kier molecular flexibility index (Phi) is 5.23. The molecule has 1 aromatic rings. The van der Waals surface area contributed by atoms with Gasteiger partial charge in [0.2, 0.25) is 5.91 Å². The highest BCUT2D eigenvalue weighted by molar-refractivity contribution is 5.97. The van der Waals surface area contributed by atoms with Gasteiger partial charge in [-0.3, -0.25) is 4.79 Å². The van der Waals surface area contributed by atoms with Crippen LogP contribution >= 0.6 is 0 Å². The first-order valence-corrected chi connectivity index (χ1v) is 12.6. The van der Waals surface area contributed by atoms with E-state index in [1.54, 1.807) is 0 Å². The van der Waals surface area contributed by atoms with Crippen molar-refractivity contribution in [1.29, 1.82) is 0 Å². The minimum atomic E-state index is -0.123. The molecule has 0 aliphatic heterocycles. The Morgan fingerprint density at radius 2 is 1.13 bits per heavy atom. The van der Waals surface area contributed by atoms with E-state index in [0.717, 1.165) is 42.7 Å². The van der Waals surface area contributed by atoms with Gasteiger partial charge < -0.3 is 5.32 Å². The molecule has 0 aromatic heterocycles. The number of amides is 1. The molecule has 0 heterocycles. The lowest BCUT2D eigenvalue weighted by Gasteiger charge is -2.55. The summed E-state index contributed by atoms with van der Waals surface area (Å²) in [6, 6.07) is 4.73. The summed E-state index contributed by atoms with van der Waals surface area (Å²) in [5.74, 6) is 2.66. The van der Waals surface area contributed by atoms with Crippen LogP contribution in [-0.2, 0) is 21.0 Å². The first-order chi connectivity index (χ1) is 14.1. The molecule has 0 atom stereocenters. The molecule has 0 radical (unpaired) electrons. The summed E-state index contributed by atoms with van der Waals surface area (Å²) in [6.07, 6.45) is 7.44. The quantitative estimate of drug-likeness (QED) is 0.518. The Balaban J connectivity index is 1.79. The largest absolute Gasteiger partial charge is 0.325 e. The van der Waals surface area contributed by atoms with Crippen LogP contribution in [0.5, 0.6) is 0 Å². The van der Waals surface area contributed by atoms with Crippen LogP contribution in [0.3, 0.4) is 0 Å². The average molecular weight is 424 g/mol. The molecular formula is C29H45NO. The molecule has 2 heteroatoms. The van der Waals surface area contributed by atoms with Crippen molar-refractivity contribution in [2.45, 2.75) is 117 Å². The molecule has 4 bridgehead atoms. The standard InChI is InChI=1S/C29H45NO/c1-26(2,3)21-13-22(27(4,5)6)24(23(14-21)28(7,8)9)30-25(31)29-15-18-10-19(16-29)12-20(11-18)17-29/h13-14,18-20H,10-12,15-17H2,1-9H3,(H,30,31). The molecule has 2 nitrogen and oxygen atoms in total. The van der Waals surface area contributed by atoms with E-state index in [4.69, 9.17) is 0 Å². The average Bonchev–Trinajstić information content (AvgIpc) is 2.57. The van der Waals surface area contributed by atoms with Gasteiger partial charge in [-0.2, -0.15) is 0 Å². The van der Waals surface area contributed by atoms with E-state index in [1.807, 2.05) is 0 Å². The van der Waals surface area contributed by atoms with Gasteiger partial charge in [-0.1, -0.05) is 74.4 Å². The van der Waals surface area contributed by atoms with Crippen LogP contribution in [0.25, 0.3) is 0 Å². The van der Waals surface area contributed by atoms with Crippen molar-refractivity contribution in [3.63, 3.8) is 0 Å². The van der Waals surface area contributed by atoms with Gasteiger partial charge in [-0.05, 0) is 89.2 Å². The van der Waals surface area contributed by atoms with E-state index < -0.39 is 0 Å². The number of hydrogen-bond acceptors (Lipinski definition) is 1. The smallest absolute Gasteiger partial charge is 0.230 e. The van der Waals surface area contributed by atoms with Crippen LogP contribution in [0.15, 0.2) is 12.1 Å². The van der Waals surface area contributed by atoms with E-state index in [1.165, 1.54) is 36.0 Å². The third kappa shape index (κ3) is 4.21. The van der Waals surface area contributed by atoms with Crippen molar-refractivity contribution in [3.8, 4) is 0 Å². The lowest BCUT2D eigenvalue weighted by atomic mass is 9.49. The third-order valence-corrected chi connectivity index (χ3v) is 8.38. The normalized spacial score (nSPS) is 30.5.